The number of carboxylic acids is 1. The van der Waals surface area contributed by atoms with Crippen molar-refractivity contribution >= 4 is 23.2 Å². The van der Waals surface area contributed by atoms with Gasteiger partial charge in [-0.2, -0.15) is 5.10 Å². The second-order valence-electron chi connectivity index (χ2n) is 8.91. The minimum Gasteiger partial charge on any atom is -0.496 e. The third kappa shape index (κ3) is 4.11. The number of hydrogen-bond acceptors (Lipinski definition) is 7. The molecule has 0 spiro atoms. The minimum atomic E-state index is -1.67. The second-order valence-corrected chi connectivity index (χ2v) is 9.84. The lowest BCUT2D eigenvalue weighted by Gasteiger charge is -2.35. The Morgan fingerprint density at radius 2 is 2.12 bits per heavy atom. The van der Waals surface area contributed by atoms with Crippen molar-refractivity contribution in [1.29, 1.82) is 0 Å². The quantitative estimate of drug-likeness (QED) is 0.589. The highest BCUT2D eigenvalue weighted by Crippen LogP contribution is 2.41. The van der Waals surface area contributed by atoms with E-state index in [0.29, 0.717) is 16.3 Å². The fraction of sp³-hybridized carbons (Fsp3) is 0.391. The van der Waals surface area contributed by atoms with Crippen LogP contribution in [0.1, 0.15) is 47.9 Å². The summed E-state index contributed by atoms with van der Waals surface area (Å²) in [6.45, 7) is 5.89. The minimum absolute atomic E-state index is 0.0693. The molecule has 1 aromatic carbocycles. The summed E-state index contributed by atoms with van der Waals surface area (Å²) in [7, 11) is 1.55. The molecule has 0 aliphatic carbocycles. The molecular weight excluding hydrogens is 444 g/mol. The first kappa shape index (κ1) is 22.9. The van der Waals surface area contributed by atoms with E-state index < -0.39 is 23.6 Å². The number of carbonyl (C=O) groups excluding carboxylic acids is 1. The fourth-order valence-electron chi connectivity index (χ4n) is 4.02. The normalized spacial score (nSPS) is 20.7. The molecule has 10 heteroatoms. The van der Waals surface area contributed by atoms with Gasteiger partial charge in [0.1, 0.15) is 10.8 Å². The Morgan fingerprint density at radius 3 is 2.70 bits per heavy atom. The van der Waals surface area contributed by atoms with Gasteiger partial charge >= 0.3 is 5.97 Å². The van der Waals surface area contributed by atoms with Gasteiger partial charge in [0.25, 0.3) is 5.91 Å². The lowest BCUT2D eigenvalue weighted by atomic mass is 9.85. The zero-order chi connectivity index (χ0) is 23.8. The summed E-state index contributed by atoms with van der Waals surface area (Å²) in [4.78, 5) is 32.1. The van der Waals surface area contributed by atoms with Gasteiger partial charge in [0.2, 0.25) is 0 Å². The van der Waals surface area contributed by atoms with Gasteiger partial charge < -0.3 is 14.6 Å². The highest BCUT2D eigenvalue weighted by atomic mass is 32.1. The molecule has 0 bridgehead atoms. The number of hydrogen-bond donors (Lipinski definition) is 1. The van der Waals surface area contributed by atoms with Crippen LogP contribution in [0, 0.1) is 0 Å². The van der Waals surface area contributed by atoms with Crippen LogP contribution in [-0.2, 0) is 21.5 Å². The molecule has 2 atom stereocenters. The van der Waals surface area contributed by atoms with Crippen LogP contribution in [-0.4, -0.2) is 55.9 Å². The summed E-state index contributed by atoms with van der Waals surface area (Å²) < 4.78 is 13.0. The van der Waals surface area contributed by atoms with Gasteiger partial charge in [0.15, 0.2) is 11.8 Å². The van der Waals surface area contributed by atoms with E-state index in [1.807, 2.05) is 6.07 Å². The molecule has 174 valence electrons. The predicted octanol–water partition coefficient (Wildman–Crippen LogP) is 3.34. The molecule has 33 heavy (non-hydrogen) atoms. The van der Waals surface area contributed by atoms with Gasteiger partial charge in [-0.3, -0.25) is 14.4 Å². The number of ether oxygens (including phenoxy) is 2. The van der Waals surface area contributed by atoms with Crippen LogP contribution in [0.25, 0.3) is 0 Å². The van der Waals surface area contributed by atoms with Crippen LogP contribution in [0.2, 0.25) is 0 Å². The zero-order valence-electron chi connectivity index (χ0n) is 18.9. The number of amides is 1. The molecule has 0 radical (unpaired) electrons. The maximum atomic E-state index is 13.9. The first-order chi connectivity index (χ1) is 15.7. The third-order valence-corrected chi connectivity index (χ3v) is 6.50. The van der Waals surface area contributed by atoms with Gasteiger partial charge in [0, 0.05) is 29.5 Å². The monoisotopic (exact) mass is 470 g/mol. The Bertz CT molecular complexity index is 1140. The van der Waals surface area contributed by atoms with E-state index in [9.17, 15) is 14.7 Å². The van der Waals surface area contributed by atoms with E-state index in [-0.39, 0.29) is 18.6 Å². The standard InChI is InChI=1S/C23H26N4O5S/c1-22(2,3)16-7-6-15(12-17(16)31-4)19(28)27-20(18-24-9-11-33-18)32-14-23(27,21(29)30)13-26-10-5-8-25-26/h5-12,20H,13-14H2,1-4H3,(H,29,30). The maximum Gasteiger partial charge on any atom is 0.334 e. The van der Waals surface area contributed by atoms with Crippen LogP contribution < -0.4 is 4.74 Å². The first-order valence-electron chi connectivity index (χ1n) is 10.4. The summed E-state index contributed by atoms with van der Waals surface area (Å²) in [5.74, 6) is -1.10. The predicted molar refractivity (Wildman–Crippen MR) is 121 cm³/mol. The molecule has 1 aliphatic heterocycles. The number of benzene rings is 1. The molecule has 1 aliphatic rings. The highest BCUT2D eigenvalue weighted by Gasteiger charge is 2.57. The van der Waals surface area contributed by atoms with Crippen molar-refractivity contribution in [3.63, 3.8) is 0 Å². The average Bonchev–Trinajstić information content (AvgIpc) is 3.53. The molecule has 2 unspecified atom stereocenters. The molecule has 1 amide bonds. The van der Waals surface area contributed by atoms with Gasteiger partial charge in [0.05, 0.1) is 20.3 Å². The van der Waals surface area contributed by atoms with Crippen LogP contribution in [0.4, 0.5) is 0 Å². The first-order valence-corrected chi connectivity index (χ1v) is 11.3. The molecule has 3 aromatic rings. The summed E-state index contributed by atoms with van der Waals surface area (Å²) in [6.07, 6.45) is 3.89. The number of thiazole rings is 1. The number of nitrogens with zero attached hydrogens (tertiary/aromatic N) is 4. The lowest BCUT2D eigenvalue weighted by molar-refractivity contribution is -0.149. The molecule has 1 N–H and O–H groups in total. The van der Waals surface area contributed by atoms with Gasteiger partial charge in [-0.05, 0) is 29.2 Å². The van der Waals surface area contributed by atoms with E-state index in [1.54, 1.807) is 49.3 Å². The van der Waals surface area contributed by atoms with E-state index >= 15 is 0 Å². The number of rotatable bonds is 6. The van der Waals surface area contributed by atoms with Gasteiger partial charge in [-0.25, -0.2) is 9.78 Å². The van der Waals surface area contributed by atoms with Crippen molar-refractivity contribution in [3.8, 4) is 5.75 Å². The zero-order valence-corrected chi connectivity index (χ0v) is 19.7. The molecule has 1 saturated heterocycles. The van der Waals surface area contributed by atoms with Crippen molar-refractivity contribution in [2.45, 2.75) is 44.5 Å². The Morgan fingerprint density at radius 1 is 1.33 bits per heavy atom. The Balaban J connectivity index is 1.82. The Kier molecular flexibility index (Phi) is 5.98. The van der Waals surface area contributed by atoms with Crippen LogP contribution in [0.3, 0.4) is 0 Å². The largest absolute Gasteiger partial charge is 0.496 e. The number of carboxylic acid groups (broad SMARTS) is 1. The summed E-state index contributed by atoms with van der Waals surface area (Å²) in [5.41, 5.74) is -0.623. The maximum absolute atomic E-state index is 13.9. The topological polar surface area (TPSA) is 107 Å². The number of aromatic nitrogens is 3. The molecule has 3 heterocycles. The summed E-state index contributed by atoms with van der Waals surface area (Å²) in [6, 6.07) is 6.90. The number of carbonyl (C=O) groups is 2. The van der Waals surface area contributed by atoms with Crippen molar-refractivity contribution < 1.29 is 24.2 Å². The molecule has 4 rings (SSSR count). The highest BCUT2D eigenvalue weighted by molar-refractivity contribution is 7.09. The average molecular weight is 471 g/mol. The lowest BCUT2D eigenvalue weighted by Crippen LogP contribution is -2.58. The summed E-state index contributed by atoms with van der Waals surface area (Å²) >= 11 is 1.30. The molecule has 0 saturated carbocycles. The fourth-order valence-corrected chi connectivity index (χ4v) is 4.70. The van der Waals surface area contributed by atoms with Crippen molar-refractivity contribution in [1.82, 2.24) is 19.7 Å². The van der Waals surface area contributed by atoms with Gasteiger partial charge in [-0.15, -0.1) is 11.3 Å². The smallest absolute Gasteiger partial charge is 0.334 e. The number of aliphatic carboxylic acids is 1. The van der Waals surface area contributed by atoms with Crippen molar-refractivity contribution in [2.75, 3.05) is 13.7 Å². The third-order valence-electron chi connectivity index (χ3n) is 5.69. The molecule has 1 fully saturated rings. The van der Waals surface area contributed by atoms with Crippen LogP contribution in [0.15, 0.2) is 48.2 Å². The Labute approximate surface area is 195 Å². The Hall–Kier alpha value is -3.24. The summed E-state index contributed by atoms with van der Waals surface area (Å²) in [5, 5.41) is 16.8. The molecule has 9 nitrogen and oxygen atoms in total. The van der Waals surface area contributed by atoms with Gasteiger partial charge in [-0.1, -0.05) is 26.8 Å². The van der Waals surface area contributed by atoms with E-state index in [1.165, 1.54) is 20.9 Å². The van der Waals surface area contributed by atoms with Crippen molar-refractivity contribution in [3.05, 3.63) is 64.4 Å². The van der Waals surface area contributed by atoms with E-state index in [2.05, 4.69) is 30.9 Å². The van der Waals surface area contributed by atoms with Crippen LogP contribution >= 0.6 is 11.3 Å². The number of methoxy groups -OCH3 is 1. The van der Waals surface area contributed by atoms with E-state index in [0.717, 1.165) is 5.56 Å². The van der Waals surface area contributed by atoms with Crippen LogP contribution in [0.5, 0.6) is 5.75 Å². The van der Waals surface area contributed by atoms with Crippen molar-refractivity contribution in [2.24, 2.45) is 0 Å². The molecule has 2 aromatic heterocycles. The SMILES string of the molecule is COc1cc(C(=O)N2C(c3nccs3)OCC2(Cn2cccn2)C(=O)O)ccc1C(C)(C)C. The molecular formula is C23H26N4O5S. The van der Waals surface area contributed by atoms with E-state index in [4.69, 9.17) is 9.47 Å². The second kappa shape index (κ2) is 8.60.